The quantitative estimate of drug-likeness (QED) is 0.174. The molecular weight excluding hydrogens is 565 g/mol. The second-order valence-corrected chi connectivity index (χ2v) is 11.5. The molecule has 6 nitrogen and oxygen atoms in total. The van der Waals surface area contributed by atoms with E-state index in [1.54, 1.807) is 23.0 Å². The summed E-state index contributed by atoms with van der Waals surface area (Å²) in [6.45, 7) is 0.337. The normalized spacial score (nSPS) is 11.7. The molecule has 0 N–H and O–H groups in total. The Balaban J connectivity index is 1.55. The highest BCUT2D eigenvalue weighted by Crippen LogP contribution is 2.31. The van der Waals surface area contributed by atoms with E-state index in [0.29, 0.717) is 39.2 Å². The van der Waals surface area contributed by atoms with E-state index in [0.717, 1.165) is 11.3 Å². The molecule has 9 heteroatoms. The van der Waals surface area contributed by atoms with E-state index in [1.165, 1.54) is 30.3 Å². The Morgan fingerprint density at radius 2 is 1.57 bits per heavy atom. The Morgan fingerprint density at radius 3 is 2.25 bits per heavy atom. The molecule has 0 aliphatic rings. The third-order valence-electron chi connectivity index (χ3n) is 6.00. The van der Waals surface area contributed by atoms with Crippen LogP contribution in [-0.4, -0.2) is 18.2 Å². The fourth-order valence-electron chi connectivity index (χ4n) is 3.96. The number of sulfone groups is 1. The monoisotopic (exact) mass is 585 g/mol. The molecule has 5 aromatic rings. The molecule has 0 amide bonds. The van der Waals surface area contributed by atoms with Crippen LogP contribution in [0.3, 0.4) is 0 Å². The second kappa shape index (κ2) is 11.8. The van der Waals surface area contributed by atoms with Crippen molar-refractivity contribution in [1.82, 2.24) is 9.78 Å². The third kappa shape index (κ3) is 6.11. The van der Waals surface area contributed by atoms with Crippen molar-refractivity contribution in [2.75, 3.05) is 0 Å². The Labute approximate surface area is 242 Å². The van der Waals surface area contributed by atoms with E-state index in [-0.39, 0.29) is 4.90 Å². The van der Waals surface area contributed by atoms with E-state index in [4.69, 9.17) is 33.0 Å². The average Bonchev–Trinajstić information content (AvgIpc) is 3.40. The van der Waals surface area contributed by atoms with Gasteiger partial charge in [0.05, 0.1) is 10.6 Å². The van der Waals surface area contributed by atoms with Gasteiger partial charge in [0, 0.05) is 27.4 Å². The highest BCUT2D eigenvalue weighted by molar-refractivity contribution is 7.95. The van der Waals surface area contributed by atoms with Crippen molar-refractivity contribution in [2.45, 2.75) is 11.5 Å². The number of hydrogen-bond donors (Lipinski definition) is 0. The number of ether oxygens (including phenoxy) is 1. The van der Waals surface area contributed by atoms with Gasteiger partial charge in [-0.2, -0.15) is 10.4 Å². The summed E-state index contributed by atoms with van der Waals surface area (Å²) in [7, 11) is -4.10. The van der Waals surface area contributed by atoms with Gasteiger partial charge in [0.1, 0.15) is 29.0 Å². The molecule has 0 unspecified atom stereocenters. The highest BCUT2D eigenvalue weighted by Gasteiger charge is 2.22. The molecule has 1 aromatic heterocycles. The summed E-state index contributed by atoms with van der Waals surface area (Å²) in [5, 5.41) is 15.7. The zero-order chi connectivity index (χ0) is 28.1. The van der Waals surface area contributed by atoms with E-state index in [2.05, 4.69) is 0 Å². The van der Waals surface area contributed by atoms with Gasteiger partial charge in [0.25, 0.3) is 0 Å². The molecule has 1 heterocycles. The number of benzene rings is 4. The van der Waals surface area contributed by atoms with Crippen molar-refractivity contribution in [3.8, 4) is 28.8 Å². The van der Waals surface area contributed by atoms with Crippen LogP contribution in [0, 0.1) is 11.3 Å². The van der Waals surface area contributed by atoms with Crippen LogP contribution in [0.15, 0.2) is 119 Å². The second-order valence-electron chi connectivity index (χ2n) is 8.73. The first kappa shape index (κ1) is 27.2. The number of aromatic nitrogens is 2. The molecular formula is C31H21Cl2N3O3S. The number of hydrogen-bond acceptors (Lipinski definition) is 5. The molecule has 0 aliphatic carbocycles. The van der Waals surface area contributed by atoms with Crippen LogP contribution in [0.4, 0.5) is 0 Å². The minimum atomic E-state index is -4.10. The van der Waals surface area contributed by atoms with Crippen LogP contribution in [-0.2, 0) is 16.4 Å². The van der Waals surface area contributed by atoms with Crippen LogP contribution in [0.5, 0.6) is 5.75 Å². The Morgan fingerprint density at radius 1 is 0.900 bits per heavy atom. The number of para-hydroxylation sites is 1. The molecule has 0 aliphatic heterocycles. The molecule has 5 rings (SSSR count). The lowest BCUT2D eigenvalue weighted by atomic mass is 10.1. The van der Waals surface area contributed by atoms with Gasteiger partial charge in [-0.3, -0.25) is 0 Å². The summed E-state index contributed by atoms with van der Waals surface area (Å²) in [6, 6.07) is 31.7. The Kier molecular flexibility index (Phi) is 8.04. The first-order valence-corrected chi connectivity index (χ1v) is 14.3. The lowest BCUT2D eigenvalue weighted by Gasteiger charge is -2.08. The molecule has 0 saturated carbocycles. The zero-order valence-corrected chi connectivity index (χ0v) is 23.2. The van der Waals surface area contributed by atoms with E-state index < -0.39 is 14.7 Å². The SMILES string of the molecule is N#CC(=Cc1cn(-c2ccccc2)nc1-c1cccc(OCc2ccc(Cl)cc2)c1)S(=O)(=O)c1ccc(Cl)cc1. The van der Waals surface area contributed by atoms with Crippen molar-refractivity contribution < 1.29 is 13.2 Å². The van der Waals surface area contributed by atoms with Crippen LogP contribution in [0.25, 0.3) is 23.0 Å². The maximum atomic E-state index is 13.3. The van der Waals surface area contributed by atoms with Gasteiger partial charge in [-0.1, -0.05) is 65.7 Å². The fraction of sp³-hybridized carbons (Fsp3) is 0.0323. The highest BCUT2D eigenvalue weighted by atomic mass is 35.5. The molecule has 4 aromatic carbocycles. The third-order valence-corrected chi connectivity index (χ3v) is 8.18. The van der Waals surface area contributed by atoms with Crippen LogP contribution >= 0.6 is 23.2 Å². The molecule has 0 spiro atoms. The minimum absolute atomic E-state index is 0.0284. The van der Waals surface area contributed by atoms with Crippen molar-refractivity contribution >= 4 is 39.1 Å². The van der Waals surface area contributed by atoms with Crippen LogP contribution in [0.1, 0.15) is 11.1 Å². The van der Waals surface area contributed by atoms with Crippen LogP contribution < -0.4 is 4.74 Å². The van der Waals surface area contributed by atoms with E-state index in [9.17, 15) is 13.7 Å². The fourth-order valence-corrected chi connectivity index (χ4v) is 5.37. The summed E-state index contributed by atoms with van der Waals surface area (Å²) in [5.41, 5.74) is 3.36. The molecule has 0 bridgehead atoms. The maximum Gasteiger partial charge on any atom is 0.216 e. The lowest BCUT2D eigenvalue weighted by Crippen LogP contribution is -2.03. The first-order valence-electron chi connectivity index (χ1n) is 12.1. The van der Waals surface area contributed by atoms with E-state index >= 15 is 0 Å². The summed E-state index contributed by atoms with van der Waals surface area (Å²) in [5.74, 6) is 0.603. The van der Waals surface area contributed by atoms with Gasteiger partial charge in [-0.15, -0.1) is 0 Å². The summed E-state index contributed by atoms with van der Waals surface area (Å²) in [6.07, 6.45) is 3.04. The van der Waals surface area contributed by atoms with Gasteiger partial charge in [-0.25, -0.2) is 13.1 Å². The van der Waals surface area contributed by atoms with Crippen molar-refractivity contribution in [2.24, 2.45) is 0 Å². The minimum Gasteiger partial charge on any atom is -0.489 e. The summed E-state index contributed by atoms with van der Waals surface area (Å²) < 4.78 is 34.3. The van der Waals surface area contributed by atoms with Gasteiger partial charge in [0.15, 0.2) is 0 Å². The Hall–Kier alpha value is -4.35. The zero-order valence-electron chi connectivity index (χ0n) is 20.9. The predicted octanol–water partition coefficient (Wildman–Crippen LogP) is 7.76. The number of allylic oxidation sites excluding steroid dienone is 1. The summed E-state index contributed by atoms with van der Waals surface area (Å²) in [4.78, 5) is -0.446. The maximum absolute atomic E-state index is 13.3. The van der Waals surface area contributed by atoms with Gasteiger partial charge < -0.3 is 4.74 Å². The number of nitriles is 1. The predicted molar refractivity (Wildman–Crippen MR) is 157 cm³/mol. The smallest absolute Gasteiger partial charge is 0.216 e. The molecule has 40 heavy (non-hydrogen) atoms. The average molecular weight is 587 g/mol. The molecule has 0 radical (unpaired) electrons. The molecule has 0 atom stereocenters. The lowest BCUT2D eigenvalue weighted by molar-refractivity contribution is 0.306. The first-order chi connectivity index (χ1) is 19.3. The van der Waals surface area contributed by atoms with Crippen molar-refractivity contribution in [3.63, 3.8) is 0 Å². The van der Waals surface area contributed by atoms with Gasteiger partial charge >= 0.3 is 0 Å². The van der Waals surface area contributed by atoms with Crippen molar-refractivity contribution in [1.29, 1.82) is 5.26 Å². The van der Waals surface area contributed by atoms with Gasteiger partial charge in [0.2, 0.25) is 9.84 Å². The van der Waals surface area contributed by atoms with Crippen LogP contribution in [0.2, 0.25) is 10.0 Å². The van der Waals surface area contributed by atoms with Gasteiger partial charge in [-0.05, 0) is 72.3 Å². The molecule has 0 fully saturated rings. The Bertz CT molecular complexity index is 1830. The number of halogens is 2. The summed E-state index contributed by atoms with van der Waals surface area (Å²) >= 11 is 11.9. The van der Waals surface area contributed by atoms with E-state index in [1.807, 2.05) is 72.8 Å². The topological polar surface area (TPSA) is 85.0 Å². The molecule has 0 saturated heterocycles. The number of nitrogens with zero attached hydrogens (tertiary/aromatic N) is 3. The number of rotatable bonds is 8. The largest absolute Gasteiger partial charge is 0.489 e. The molecule has 198 valence electrons. The van der Waals surface area contributed by atoms with Crippen molar-refractivity contribution in [3.05, 3.63) is 135 Å². The standard InChI is InChI=1S/C31H21Cl2N3O3S/c32-25-11-9-22(10-12-25)21-39-28-8-4-5-23(17-28)31-24(20-36(35-31)27-6-2-1-3-7-27)18-30(19-34)40(37,38)29-15-13-26(33)14-16-29/h1-18,20H,21H2.